The first-order chi connectivity index (χ1) is 12.9. The highest BCUT2D eigenvalue weighted by Crippen LogP contribution is 2.36. The summed E-state index contributed by atoms with van der Waals surface area (Å²) in [5, 5.41) is 1.39. The molecule has 1 unspecified atom stereocenters. The minimum absolute atomic E-state index is 0.360. The molecule has 0 radical (unpaired) electrons. The topological polar surface area (TPSA) is 20.3 Å². The van der Waals surface area contributed by atoms with Crippen LogP contribution < -0.4 is 5.30 Å². The molecule has 1 atom stereocenters. The number of carbonyl (C=O) groups is 1. The van der Waals surface area contributed by atoms with Gasteiger partial charge in [-0.05, 0) is 29.7 Å². The van der Waals surface area contributed by atoms with Crippen LogP contribution in [0.15, 0.2) is 30.3 Å². The van der Waals surface area contributed by atoms with E-state index in [1.54, 1.807) is 0 Å². The van der Waals surface area contributed by atoms with Gasteiger partial charge in [0, 0.05) is 13.1 Å². The number of nitrogens with zero attached hydrogens (tertiary/aromatic N) is 1. The van der Waals surface area contributed by atoms with Gasteiger partial charge in [0.05, 0.1) is 6.16 Å². The van der Waals surface area contributed by atoms with Gasteiger partial charge >= 0.3 is 0 Å². The molecule has 27 heavy (non-hydrogen) atoms. The predicted octanol–water partition coefficient (Wildman–Crippen LogP) is 6.29. The fourth-order valence-corrected chi connectivity index (χ4v) is 5.77. The van der Waals surface area contributed by atoms with Crippen LogP contribution in [0.4, 0.5) is 0 Å². The molecular weight excluding hydrogens is 349 g/mol. The van der Waals surface area contributed by atoms with E-state index in [-0.39, 0.29) is 0 Å². The smallest absolute Gasteiger partial charge is 0.227 e. The molecule has 0 aliphatic rings. The molecule has 0 fully saturated rings. The summed E-state index contributed by atoms with van der Waals surface area (Å²) in [7, 11) is -0.393. The Morgan fingerprint density at radius 3 is 2.00 bits per heavy atom. The van der Waals surface area contributed by atoms with Crippen molar-refractivity contribution in [1.82, 2.24) is 4.90 Å². The molecule has 0 aliphatic carbocycles. The third-order valence-corrected chi connectivity index (χ3v) is 7.29. The van der Waals surface area contributed by atoms with Crippen LogP contribution in [0.1, 0.15) is 73.1 Å². The van der Waals surface area contributed by atoms with Crippen LogP contribution in [0, 0.1) is 11.8 Å². The minimum Gasteiger partial charge on any atom is -0.342 e. The van der Waals surface area contributed by atoms with E-state index in [0.29, 0.717) is 23.9 Å². The molecule has 3 heteroatoms. The van der Waals surface area contributed by atoms with E-state index in [9.17, 15) is 4.79 Å². The second kappa shape index (κ2) is 14.2. The monoisotopic (exact) mass is 391 g/mol. The summed E-state index contributed by atoms with van der Waals surface area (Å²) in [5.41, 5.74) is 0. The highest BCUT2D eigenvalue weighted by molar-refractivity contribution is 7.66. The van der Waals surface area contributed by atoms with E-state index >= 15 is 0 Å². The quantitative estimate of drug-likeness (QED) is 0.269. The van der Waals surface area contributed by atoms with E-state index in [1.807, 2.05) is 0 Å². The van der Waals surface area contributed by atoms with E-state index in [2.05, 4.69) is 69.9 Å². The van der Waals surface area contributed by atoms with Crippen molar-refractivity contribution in [3.8, 4) is 0 Å². The SMILES string of the molecule is CCCCCCCCP(CC(=O)N(CC(C)C)CC(C)C)c1ccccc1. The normalized spacial score (nSPS) is 12.6. The number of hydrogen-bond donors (Lipinski definition) is 0. The van der Waals surface area contributed by atoms with Crippen LogP contribution in [0.3, 0.4) is 0 Å². The van der Waals surface area contributed by atoms with E-state index in [4.69, 9.17) is 0 Å². The van der Waals surface area contributed by atoms with Gasteiger partial charge in [-0.15, -0.1) is 0 Å². The zero-order chi connectivity index (χ0) is 20.1. The summed E-state index contributed by atoms with van der Waals surface area (Å²) in [6.45, 7) is 12.8. The number of unbranched alkanes of at least 4 members (excludes halogenated alkanes) is 5. The van der Waals surface area contributed by atoms with Crippen molar-refractivity contribution in [3.63, 3.8) is 0 Å². The van der Waals surface area contributed by atoms with Crippen molar-refractivity contribution >= 4 is 19.1 Å². The zero-order valence-corrected chi connectivity index (χ0v) is 19.3. The molecule has 0 spiro atoms. The van der Waals surface area contributed by atoms with Gasteiger partial charge in [-0.1, -0.05) is 105 Å². The maximum atomic E-state index is 13.1. The van der Waals surface area contributed by atoms with Gasteiger partial charge in [-0.3, -0.25) is 4.79 Å². The second-order valence-electron chi connectivity index (χ2n) is 8.61. The first-order valence-electron chi connectivity index (χ1n) is 11.0. The van der Waals surface area contributed by atoms with Crippen molar-refractivity contribution in [3.05, 3.63) is 30.3 Å². The summed E-state index contributed by atoms with van der Waals surface area (Å²) < 4.78 is 0. The molecular formula is C24H42NOP. The highest BCUT2D eigenvalue weighted by atomic mass is 31.1. The second-order valence-corrected chi connectivity index (χ2v) is 11.0. The lowest BCUT2D eigenvalue weighted by Gasteiger charge is -2.28. The van der Waals surface area contributed by atoms with Gasteiger partial charge in [0.15, 0.2) is 0 Å². The zero-order valence-electron chi connectivity index (χ0n) is 18.4. The van der Waals surface area contributed by atoms with Gasteiger partial charge in [-0.2, -0.15) is 0 Å². The van der Waals surface area contributed by atoms with Crippen LogP contribution in [-0.2, 0) is 4.79 Å². The molecule has 154 valence electrons. The Bertz CT molecular complexity index is 490. The molecule has 1 aromatic rings. The van der Waals surface area contributed by atoms with Crippen LogP contribution >= 0.6 is 7.92 Å². The highest BCUT2D eigenvalue weighted by Gasteiger charge is 2.21. The summed E-state index contributed by atoms with van der Waals surface area (Å²) in [6.07, 6.45) is 9.82. The standard InChI is InChI=1S/C24H42NOP/c1-6-7-8-9-10-14-17-27(23-15-12-11-13-16-23)20-24(26)25(18-21(2)3)19-22(4)5/h11-13,15-16,21-22H,6-10,14,17-20H2,1-5H3. The maximum Gasteiger partial charge on any atom is 0.227 e. The van der Waals surface area contributed by atoms with Gasteiger partial charge < -0.3 is 4.90 Å². The summed E-state index contributed by atoms with van der Waals surface area (Å²) in [4.78, 5) is 15.2. The average Bonchev–Trinajstić information content (AvgIpc) is 2.62. The first kappa shape index (κ1) is 24.2. The van der Waals surface area contributed by atoms with Crippen molar-refractivity contribution in [2.45, 2.75) is 73.1 Å². The Labute approximate surface area is 169 Å². The van der Waals surface area contributed by atoms with E-state index < -0.39 is 7.92 Å². The first-order valence-corrected chi connectivity index (χ1v) is 12.7. The molecule has 0 N–H and O–H groups in total. The van der Waals surface area contributed by atoms with Crippen LogP contribution in [0.5, 0.6) is 0 Å². The molecule has 0 bridgehead atoms. The Kier molecular flexibility index (Phi) is 12.7. The van der Waals surface area contributed by atoms with Crippen LogP contribution in [0.2, 0.25) is 0 Å². The van der Waals surface area contributed by atoms with Crippen molar-refractivity contribution < 1.29 is 4.79 Å². The Morgan fingerprint density at radius 1 is 0.889 bits per heavy atom. The summed E-state index contributed by atoms with van der Waals surface area (Å²) in [6, 6.07) is 10.8. The lowest BCUT2D eigenvalue weighted by atomic mass is 10.1. The predicted molar refractivity (Wildman–Crippen MR) is 122 cm³/mol. The molecule has 1 amide bonds. The maximum absolute atomic E-state index is 13.1. The number of carbonyl (C=O) groups excluding carboxylic acids is 1. The number of benzene rings is 1. The van der Waals surface area contributed by atoms with E-state index in [1.165, 1.54) is 50.0 Å². The third kappa shape index (κ3) is 10.9. The lowest BCUT2D eigenvalue weighted by molar-refractivity contribution is -0.129. The van der Waals surface area contributed by atoms with Gasteiger partial charge in [0.25, 0.3) is 0 Å². The van der Waals surface area contributed by atoms with Crippen molar-refractivity contribution in [2.24, 2.45) is 11.8 Å². The summed E-state index contributed by atoms with van der Waals surface area (Å²) >= 11 is 0. The van der Waals surface area contributed by atoms with Gasteiger partial charge in [-0.25, -0.2) is 0 Å². The molecule has 0 saturated heterocycles. The number of amides is 1. The Balaban J connectivity index is 2.69. The summed E-state index contributed by atoms with van der Waals surface area (Å²) in [5.74, 6) is 1.40. The van der Waals surface area contributed by atoms with Crippen LogP contribution in [0.25, 0.3) is 0 Å². The fourth-order valence-electron chi connectivity index (χ4n) is 3.44. The lowest BCUT2D eigenvalue weighted by Crippen LogP contribution is -2.39. The number of rotatable bonds is 14. The molecule has 0 aliphatic heterocycles. The molecule has 1 rings (SSSR count). The Morgan fingerprint density at radius 2 is 1.44 bits per heavy atom. The Hall–Kier alpha value is -0.880. The molecule has 0 heterocycles. The van der Waals surface area contributed by atoms with Crippen molar-refractivity contribution in [2.75, 3.05) is 25.4 Å². The molecule has 0 saturated carbocycles. The average molecular weight is 392 g/mol. The van der Waals surface area contributed by atoms with Gasteiger partial charge in [0.2, 0.25) is 5.91 Å². The largest absolute Gasteiger partial charge is 0.342 e. The van der Waals surface area contributed by atoms with Crippen LogP contribution in [-0.4, -0.2) is 36.2 Å². The molecule has 1 aromatic carbocycles. The number of hydrogen-bond acceptors (Lipinski definition) is 1. The van der Waals surface area contributed by atoms with Crippen molar-refractivity contribution in [1.29, 1.82) is 0 Å². The van der Waals surface area contributed by atoms with Gasteiger partial charge in [0.1, 0.15) is 0 Å². The third-order valence-electron chi connectivity index (χ3n) is 4.75. The molecule has 2 nitrogen and oxygen atoms in total. The minimum atomic E-state index is -0.393. The fraction of sp³-hybridized carbons (Fsp3) is 0.708. The molecule has 0 aromatic heterocycles. The van der Waals surface area contributed by atoms with E-state index in [0.717, 1.165) is 13.1 Å².